The van der Waals surface area contributed by atoms with Gasteiger partial charge in [0.2, 0.25) is 15.9 Å². The maximum Gasteiger partial charge on any atom is 0.319 e. The normalized spacial score (nSPS) is 18.6. The van der Waals surface area contributed by atoms with E-state index in [1.165, 1.54) is 12.1 Å². The minimum Gasteiger partial charge on any atom is -0.349 e. The fourth-order valence-corrected chi connectivity index (χ4v) is 4.99. The van der Waals surface area contributed by atoms with Gasteiger partial charge < -0.3 is 15.5 Å². The molecule has 1 fully saturated rings. The molecule has 1 saturated carbocycles. The molecule has 1 aromatic carbocycles. The number of sulfonamides is 1. The molecule has 0 aliphatic heterocycles. The number of carbonyl (C=O) groups is 2. The van der Waals surface area contributed by atoms with Crippen molar-refractivity contribution < 1.29 is 18.0 Å². The van der Waals surface area contributed by atoms with Crippen LogP contribution in [0.4, 0.5) is 10.5 Å². The lowest BCUT2D eigenvalue weighted by Crippen LogP contribution is -2.40. The molecular formula is C22H29N5O4S. The van der Waals surface area contributed by atoms with Gasteiger partial charge in [0.1, 0.15) is 0 Å². The van der Waals surface area contributed by atoms with Crippen LogP contribution < -0.4 is 15.4 Å². The van der Waals surface area contributed by atoms with Gasteiger partial charge in [0.25, 0.3) is 0 Å². The molecule has 1 aliphatic carbocycles. The Morgan fingerprint density at radius 2 is 1.75 bits per heavy atom. The molecule has 3 rings (SSSR count). The number of benzene rings is 1. The van der Waals surface area contributed by atoms with Crippen molar-refractivity contribution in [2.24, 2.45) is 5.92 Å². The number of amides is 3. The van der Waals surface area contributed by atoms with Gasteiger partial charge in [0.05, 0.1) is 4.90 Å². The second-order valence-corrected chi connectivity index (χ2v) is 9.81. The summed E-state index contributed by atoms with van der Waals surface area (Å²) in [5.41, 5.74) is 1.35. The highest BCUT2D eigenvalue weighted by Crippen LogP contribution is 2.27. The Hall–Kier alpha value is -2.98. The lowest BCUT2D eigenvalue weighted by Gasteiger charge is -2.29. The van der Waals surface area contributed by atoms with Crippen LogP contribution in [0.15, 0.2) is 53.7 Å². The fraction of sp³-hybridized carbons (Fsp3) is 0.409. The zero-order valence-electron chi connectivity index (χ0n) is 18.2. The van der Waals surface area contributed by atoms with Crippen molar-refractivity contribution in [2.75, 3.05) is 19.4 Å². The number of pyridine rings is 1. The predicted octanol–water partition coefficient (Wildman–Crippen LogP) is 2.33. The van der Waals surface area contributed by atoms with Gasteiger partial charge >= 0.3 is 6.03 Å². The number of hydrogen-bond donors (Lipinski definition) is 3. The quantitative estimate of drug-likeness (QED) is 0.587. The zero-order chi connectivity index (χ0) is 23.1. The second-order valence-electron chi connectivity index (χ2n) is 8.10. The smallest absolute Gasteiger partial charge is 0.319 e. The Morgan fingerprint density at radius 3 is 2.34 bits per heavy atom. The largest absolute Gasteiger partial charge is 0.349 e. The minimum atomic E-state index is -3.69. The first-order valence-electron chi connectivity index (χ1n) is 10.5. The van der Waals surface area contributed by atoms with Crippen LogP contribution in [0.3, 0.4) is 0 Å². The van der Waals surface area contributed by atoms with Crippen molar-refractivity contribution >= 4 is 27.6 Å². The molecule has 32 heavy (non-hydrogen) atoms. The van der Waals surface area contributed by atoms with Crippen molar-refractivity contribution in [1.29, 1.82) is 0 Å². The van der Waals surface area contributed by atoms with Gasteiger partial charge in [-0.1, -0.05) is 6.07 Å². The van der Waals surface area contributed by atoms with Crippen LogP contribution in [0.5, 0.6) is 0 Å². The van der Waals surface area contributed by atoms with Crippen LogP contribution >= 0.6 is 0 Å². The molecule has 1 aromatic heterocycles. The summed E-state index contributed by atoms with van der Waals surface area (Å²) in [5.74, 6) is 0.0549. The molecule has 0 spiro atoms. The molecule has 9 nitrogen and oxygen atoms in total. The molecule has 0 atom stereocenters. The number of rotatable bonds is 7. The van der Waals surface area contributed by atoms with Crippen LogP contribution in [-0.2, 0) is 21.4 Å². The van der Waals surface area contributed by atoms with Gasteiger partial charge in [0, 0.05) is 50.7 Å². The number of hydrogen-bond acceptors (Lipinski definition) is 5. The van der Waals surface area contributed by atoms with E-state index in [1.807, 2.05) is 6.07 Å². The highest BCUT2D eigenvalue weighted by molar-refractivity contribution is 7.89. The van der Waals surface area contributed by atoms with Gasteiger partial charge in [-0.2, -0.15) is 0 Å². The first-order chi connectivity index (χ1) is 15.2. The summed E-state index contributed by atoms with van der Waals surface area (Å²) in [6.07, 6.45) is 5.91. The summed E-state index contributed by atoms with van der Waals surface area (Å²) < 4.78 is 28.2. The van der Waals surface area contributed by atoms with E-state index in [0.29, 0.717) is 37.9 Å². The summed E-state index contributed by atoms with van der Waals surface area (Å²) >= 11 is 0. The fourth-order valence-electron chi connectivity index (χ4n) is 3.69. The maximum atomic E-state index is 12.7. The van der Waals surface area contributed by atoms with Gasteiger partial charge in [-0.15, -0.1) is 0 Å². The van der Waals surface area contributed by atoms with Crippen LogP contribution in [0.1, 0.15) is 31.2 Å². The Morgan fingerprint density at radius 1 is 1.06 bits per heavy atom. The van der Waals surface area contributed by atoms with Crippen molar-refractivity contribution in [3.05, 3.63) is 54.4 Å². The van der Waals surface area contributed by atoms with E-state index in [2.05, 4.69) is 20.3 Å². The number of carbonyl (C=O) groups excluding carboxylic acids is 2. The average molecular weight is 460 g/mol. The topological polar surface area (TPSA) is 121 Å². The number of anilines is 1. The number of urea groups is 1. The lowest BCUT2D eigenvalue weighted by atomic mass is 9.86. The molecule has 10 heteroatoms. The van der Waals surface area contributed by atoms with Crippen LogP contribution in [0, 0.1) is 5.92 Å². The summed E-state index contributed by atoms with van der Waals surface area (Å²) in [5, 5.41) is 5.39. The lowest BCUT2D eigenvalue weighted by molar-refractivity contribution is -0.134. The maximum absolute atomic E-state index is 12.7. The molecular weight excluding hydrogens is 430 g/mol. The Balaban J connectivity index is 1.50. The first kappa shape index (κ1) is 23.7. The molecule has 3 N–H and O–H groups in total. The standard InChI is InChI=1S/C22H29N5O4S/c1-27(2)21(28)17-5-7-19(8-6-17)26-32(30,31)20-11-9-18(10-12-20)25-22(29)24-15-16-4-3-13-23-14-16/h3-4,9-14,17,19,26H,5-8,15H2,1-2H3,(H2,24,25,29). The monoisotopic (exact) mass is 459 g/mol. The zero-order valence-corrected chi connectivity index (χ0v) is 19.1. The first-order valence-corrected chi connectivity index (χ1v) is 12.0. The minimum absolute atomic E-state index is 0.0413. The Labute approximate surface area is 188 Å². The van der Waals surface area contributed by atoms with Crippen LogP contribution in [0.25, 0.3) is 0 Å². The third-order valence-electron chi connectivity index (χ3n) is 5.44. The number of nitrogens with zero attached hydrogens (tertiary/aromatic N) is 2. The molecule has 2 aromatic rings. The van der Waals surface area contributed by atoms with Gasteiger partial charge in [-0.25, -0.2) is 17.9 Å². The van der Waals surface area contributed by atoms with E-state index in [4.69, 9.17) is 0 Å². The molecule has 3 amide bonds. The van der Waals surface area contributed by atoms with E-state index in [0.717, 1.165) is 5.56 Å². The highest BCUT2D eigenvalue weighted by atomic mass is 32.2. The molecule has 1 aliphatic rings. The van der Waals surface area contributed by atoms with Gasteiger partial charge in [0.15, 0.2) is 0 Å². The van der Waals surface area contributed by atoms with E-state index in [9.17, 15) is 18.0 Å². The third kappa shape index (κ3) is 6.51. The summed E-state index contributed by atoms with van der Waals surface area (Å²) in [7, 11) is -0.214. The number of aromatic nitrogens is 1. The van der Waals surface area contributed by atoms with E-state index < -0.39 is 16.1 Å². The molecule has 0 unspecified atom stereocenters. The molecule has 1 heterocycles. The Bertz CT molecular complexity index is 1020. The van der Waals surface area contributed by atoms with Crippen LogP contribution in [0.2, 0.25) is 0 Å². The number of nitrogens with one attached hydrogen (secondary N) is 3. The SMILES string of the molecule is CN(C)C(=O)C1CCC(NS(=O)(=O)c2ccc(NC(=O)NCc3cccnc3)cc2)CC1. The van der Waals surface area contributed by atoms with Crippen LogP contribution in [-0.4, -0.2) is 50.4 Å². The third-order valence-corrected chi connectivity index (χ3v) is 6.97. The highest BCUT2D eigenvalue weighted by Gasteiger charge is 2.29. The van der Waals surface area contributed by atoms with Crippen molar-refractivity contribution in [3.63, 3.8) is 0 Å². The van der Waals surface area contributed by atoms with Crippen molar-refractivity contribution in [2.45, 2.75) is 43.2 Å². The van der Waals surface area contributed by atoms with Gasteiger partial charge in [-0.3, -0.25) is 9.78 Å². The van der Waals surface area contributed by atoms with E-state index in [-0.39, 0.29) is 22.8 Å². The Kier molecular flexibility index (Phi) is 7.81. The second kappa shape index (κ2) is 10.6. The summed E-state index contributed by atoms with van der Waals surface area (Å²) in [6, 6.07) is 9.06. The molecule has 172 valence electrons. The predicted molar refractivity (Wildman–Crippen MR) is 121 cm³/mol. The average Bonchev–Trinajstić information content (AvgIpc) is 2.78. The summed E-state index contributed by atoms with van der Waals surface area (Å²) in [6.45, 7) is 0.332. The van der Waals surface area contributed by atoms with Crippen molar-refractivity contribution in [1.82, 2.24) is 19.9 Å². The molecule has 0 radical (unpaired) electrons. The van der Waals surface area contributed by atoms with E-state index >= 15 is 0 Å². The van der Waals surface area contributed by atoms with Gasteiger partial charge in [-0.05, 0) is 61.6 Å². The van der Waals surface area contributed by atoms with Crippen molar-refractivity contribution in [3.8, 4) is 0 Å². The summed E-state index contributed by atoms with van der Waals surface area (Å²) in [4.78, 5) is 29.8. The van der Waals surface area contributed by atoms with E-state index in [1.54, 1.807) is 49.6 Å². The molecule has 0 saturated heterocycles. The molecule has 0 bridgehead atoms.